The summed E-state index contributed by atoms with van der Waals surface area (Å²) in [7, 11) is -3.88. The molecule has 31 heavy (non-hydrogen) atoms. The van der Waals surface area contributed by atoms with Crippen LogP contribution in [-0.2, 0) is 16.2 Å². The number of piperidine rings is 1. The zero-order chi connectivity index (χ0) is 23.0. The van der Waals surface area contributed by atoms with Gasteiger partial charge in [-0.15, -0.1) is 0 Å². The van der Waals surface area contributed by atoms with Crippen LogP contribution in [0.5, 0.6) is 0 Å². The quantitative estimate of drug-likeness (QED) is 0.663. The van der Waals surface area contributed by atoms with Gasteiger partial charge in [-0.3, -0.25) is 4.79 Å². The predicted octanol–water partition coefficient (Wildman–Crippen LogP) is 4.39. The van der Waals surface area contributed by atoms with E-state index in [1.807, 2.05) is 0 Å². The van der Waals surface area contributed by atoms with Crippen LogP contribution in [0.2, 0.25) is 5.02 Å². The number of carbonyl (C=O) groups is 1. The zero-order valence-corrected chi connectivity index (χ0v) is 17.9. The molecular weight excluding hydrogens is 460 g/mol. The molecule has 2 aromatic carbocycles. The summed E-state index contributed by atoms with van der Waals surface area (Å²) >= 11 is 6.03. The topological polar surface area (TPSA) is 66.5 Å². The lowest BCUT2D eigenvalue weighted by Gasteiger charge is -2.32. The van der Waals surface area contributed by atoms with Gasteiger partial charge < -0.3 is 5.32 Å². The molecule has 0 aliphatic carbocycles. The van der Waals surface area contributed by atoms with E-state index in [9.17, 15) is 30.8 Å². The molecule has 1 saturated heterocycles. The second kappa shape index (κ2) is 8.76. The fourth-order valence-electron chi connectivity index (χ4n) is 3.44. The van der Waals surface area contributed by atoms with Gasteiger partial charge in [0.2, 0.25) is 10.0 Å². The summed E-state index contributed by atoms with van der Waals surface area (Å²) in [5.41, 5.74) is -1.50. The maximum atomic E-state index is 13.5. The van der Waals surface area contributed by atoms with Crippen molar-refractivity contribution in [2.75, 3.05) is 13.1 Å². The lowest BCUT2D eigenvalue weighted by molar-refractivity contribution is -0.140. The maximum absolute atomic E-state index is 13.5. The van der Waals surface area contributed by atoms with Crippen molar-refractivity contribution in [2.24, 2.45) is 0 Å². The van der Waals surface area contributed by atoms with Gasteiger partial charge in [0.05, 0.1) is 10.5 Å². The van der Waals surface area contributed by atoms with E-state index in [0.29, 0.717) is 35.6 Å². The van der Waals surface area contributed by atoms with E-state index in [1.54, 1.807) is 13.0 Å². The van der Waals surface area contributed by atoms with Crippen molar-refractivity contribution in [3.63, 3.8) is 0 Å². The third-order valence-corrected chi connectivity index (χ3v) is 7.51. The number of alkyl halides is 3. The summed E-state index contributed by atoms with van der Waals surface area (Å²) in [5.74, 6) is -2.32. The van der Waals surface area contributed by atoms with Crippen molar-refractivity contribution >= 4 is 27.5 Å². The van der Waals surface area contributed by atoms with Crippen molar-refractivity contribution in [3.05, 3.63) is 63.9 Å². The molecule has 1 aliphatic heterocycles. The number of hydrogen-bond donors (Lipinski definition) is 1. The number of sulfonamides is 1. The molecule has 0 bridgehead atoms. The van der Waals surface area contributed by atoms with Crippen LogP contribution in [-0.4, -0.2) is 37.8 Å². The summed E-state index contributed by atoms with van der Waals surface area (Å²) in [6.07, 6.45) is -4.05. The number of halogens is 5. The molecule has 0 unspecified atom stereocenters. The fraction of sp³-hybridized carbons (Fsp3) is 0.350. The first-order valence-corrected chi connectivity index (χ1v) is 11.2. The Hall–Kier alpha value is -2.17. The minimum absolute atomic E-state index is 0.0483. The Bertz CT molecular complexity index is 1110. The second-order valence-corrected chi connectivity index (χ2v) is 9.54. The lowest BCUT2D eigenvalue weighted by Crippen LogP contribution is -2.49. The largest absolute Gasteiger partial charge is 0.419 e. The summed E-state index contributed by atoms with van der Waals surface area (Å²) in [5, 5.41) is 2.86. The van der Waals surface area contributed by atoms with E-state index < -0.39 is 39.5 Å². The Balaban J connectivity index is 1.77. The Morgan fingerprint density at radius 3 is 2.61 bits per heavy atom. The fourth-order valence-corrected chi connectivity index (χ4v) is 5.44. The van der Waals surface area contributed by atoms with Crippen molar-refractivity contribution < 1.29 is 30.8 Å². The van der Waals surface area contributed by atoms with Crippen molar-refractivity contribution in [3.8, 4) is 0 Å². The molecule has 11 heteroatoms. The van der Waals surface area contributed by atoms with E-state index in [0.717, 1.165) is 6.07 Å². The highest BCUT2D eigenvalue weighted by molar-refractivity contribution is 7.89. The Kier molecular flexibility index (Phi) is 6.64. The van der Waals surface area contributed by atoms with Crippen LogP contribution < -0.4 is 5.32 Å². The highest BCUT2D eigenvalue weighted by Gasteiger charge is 2.35. The molecule has 1 heterocycles. The SMILES string of the molecule is Cc1c(Cl)cccc1S(=O)(=O)N1CCC[C@H](NC(=O)c2ccc(F)c(C(F)(F)F)c2)C1. The number of hydrogen-bond acceptors (Lipinski definition) is 3. The van der Waals surface area contributed by atoms with Gasteiger partial charge in [0, 0.05) is 29.7 Å². The molecule has 1 fully saturated rings. The molecule has 2 aromatic rings. The van der Waals surface area contributed by atoms with Crippen LogP contribution in [0.15, 0.2) is 41.3 Å². The normalized spacial score (nSPS) is 18.1. The molecule has 0 radical (unpaired) electrons. The van der Waals surface area contributed by atoms with E-state index in [1.165, 1.54) is 16.4 Å². The second-order valence-electron chi connectivity index (χ2n) is 7.23. The predicted molar refractivity (Wildman–Crippen MR) is 107 cm³/mol. The summed E-state index contributed by atoms with van der Waals surface area (Å²) in [6, 6.07) is 5.90. The third kappa shape index (κ3) is 5.02. The molecule has 1 amide bonds. The molecule has 0 aromatic heterocycles. The number of nitrogens with one attached hydrogen (secondary N) is 1. The van der Waals surface area contributed by atoms with Crippen molar-refractivity contribution in [1.82, 2.24) is 9.62 Å². The highest BCUT2D eigenvalue weighted by atomic mass is 35.5. The van der Waals surface area contributed by atoms with E-state index in [2.05, 4.69) is 5.32 Å². The molecule has 1 aliphatic rings. The number of amides is 1. The summed E-state index contributed by atoms with van der Waals surface area (Å²) < 4.78 is 79.5. The lowest BCUT2D eigenvalue weighted by atomic mass is 10.1. The monoisotopic (exact) mass is 478 g/mol. The zero-order valence-electron chi connectivity index (χ0n) is 16.3. The Labute approximate surface area is 182 Å². The van der Waals surface area contributed by atoms with E-state index >= 15 is 0 Å². The smallest absolute Gasteiger partial charge is 0.348 e. The molecular formula is C20H19ClF4N2O3S. The third-order valence-electron chi connectivity index (χ3n) is 5.09. The standard InChI is InChI=1S/C20H19ClF4N2O3S/c1-12-16(21)5-2-6-18(12)31(29,30)27-9-3-4-14(11-27)26-19(28)13-7-8-17(22)15(10-13)20(23,24)25/h2,5-8,10,14H,3-4,9,11H2,1H3,(H,26,28)/t14-/m0/s1. The number of carbonyl (C=O) groups excluding carboxylic acids is 1. The van der Waals surface area contributed by atoms with Crippen LogP contribution in [0.1, 0.15) is 34.3 Å². The van der Waals surface area contributed by atoms with Crippen LogP contribution >= 0.6 is 11.6 Å². The van der Waals surface area contributed by atoms with Gasteiger partial charge in [-0.2, -0.15) is 17.5 Å². The first-order chi connectivity index (χ1) is 14.4. The van der Waals surface area contributed by atoms with Crippen LogP contribution in [0.3, 0.4) is 0 Å². The molecule has 1 N–H and O–H groups in total. The Morgan fingerprint density at radius 1 is 1.23 bits per heavy atom. The average molecular weight is 479 g/mol. The van der Waals surface area contributed by atoms with Gasteiger partial charge in [-0.05, 0) is 55.7 Å². The first-order valence-electron chi connectivity index (χ1n) is 9.34. The van der Waals surface area contributed by atoms with Gasteiger partial charge in [0.15, 0.2) is 0 Å². The molecule has 3 rings (SSSR count). The highest BCUT2D eigenvalue weighted by Crippen LogP contribution is 2.32. The van der Waals surface area contributed by atoms with E-state index in [4.69, 9.17) is 11.6 Å². The van der Waals surface area contributed by atoms with Crippen LogP contribution in [0, 0.1) is 12.7 Å². The number of rotatable bonds is 4. The van der Waals surface area contributed by atoms with Crippen molar-refractivity contribution in [2.45, 2.75) is 36.9 Å². The van der Waals surface area contributed by atoms with Gasteiger partial charge in [0.1, 0.15) is 5.82 Å². The number of benzene rings is 2. The summed E-state index contributed by atoms with van der Waals surface area (Å²) in [4.78, 5) is 12.5. The van der Waals surface area contributed by atoms with Gasteiger partial charge in [0.25, 0.3) is 5.91 Å². The summed E-state index contributed by atoms with van der Waals surface area (Å²) in [6.45, 7) is 1.77. The number of nitrogens with zero attached hydrogens (tertiary/aromatic N) is 1. The first kappa shape index (κ1) is 23.5. The van der Waals surface area contributed by atoms with Crippen molar-refractivity contribution in [1.29, 1.82) is 0 Å². The van der Waals surface area contributed by atoms with Crippen LogP contribution in [0.25, 0.3) is 0 Å². The molecule has 0 saturated carbocycles. The van der Waals surface area contributed by atoms with Gasteiger partial charge in [-0.1, -0.05) is 17.7 Å². The minimum atomic E-state index is -4.94. The average Bonchev–Trinajstić information content (AvgIpc) is 2.69. The van der Waals surface area contributed by atoms with E-state index in [-0.39, 0.29) is 23.5 Å². The molecule has 1 atom stereocenters. The molecule has 5 nitrogen and oxygen atoms in total. The molecule has 168 valence electrons. The Morgan fingerprint density at radius 2 is 1.94 bits per heavy atom. The van der Waals surface area contributed by atoms with Gasteiger partial charge >= 0.3 is 6.18 Å². The molecule has 0 spiro atoms. The van der Waals surface area contributed by atoms with Crippen LogP contribution in [0.4, 0.5) is 17.6 Å². The maximum Gasteiger partial charge on any atom is 0.419 e. The minimum Gasteiger partial charge on any atom is -0.348 e. The van der Waals surface area contributed by atoms with Gasteiger partial charge in [-0.25, -0.2) is 12.8 Å².